The van der Waals surface area contributed by atoms with Crippen molar-refractivity contribution in [3.05, 3.63) is 192 Å². The zero-order valence-corrected chi connectivity index (χ0v) is 36.1. The summed E-state index contributed by atoms with van der Waals surface area (Å²) in [5.74, 6) is 1.77. The molecule has 3 heterocycles. The molecule has 6 heteroatoms. The van der Waals surface area contributed by atoms with Gasteiger partial charge in [-0.3, -0.25) is 4.90 Å². The molecular weight excluding hydrogens is 789 g/mol. The van der Waals surface area contributed by atoms with Gasteiger partial charge in [0.1, 0.15) is 11.2 Å². The van der Waals surface area contributed by atoms with Crippen LogP contribution in [0.4, 0.5) is 17.3 Å². The maximum atomic E-state index is 6.54. The van der Waals surface area contributed by atoms with Crippen molar-refractivity contribution in [3.8, 4) is 45.0 Å². The molecule has 0 atom stereocenters. The number of thiophene rings is 1. The number of para-hydroxylation sites is 1. The van der Waals surface area contributed by atoms with E-state index in [1.165, 1.54) is 64.7 Å². The number of hydrogen-bond donors (Lipinski definition) is 0. The number of aromatic nitrogens is 3. The monoisotopic (exact) mass is 828 g/mol. The molecule has 0 N–H and O–H groups in total. The van der Waals surface area contributed by atoms with Crippen LogP contribution in [-0.2, 0) is 10.8 Å². The van der Waals surface area contributed by atoms with E-state index < -0.39 is 0 Å². The molecule has 0 unspecified atom stereocenters. The van der Waals surface area contributed by atoms with Crippen molar-refractivity contribution in [2.45, 2.75) is 38.5 Å². The van der Waals surface area contributed by atoms with Gasteiger partial charge in [-0.15, -0.1) is 11.3 Å². The maximum Gasteiger partial charge on any atom is 0.238 e. The second-order valence-corrected chi connectivity index (χ2v) is 19.1. The van der Waals surface area contributed by atoms with Crippen LogP contribution in [-0.4, -0.2) is 15.0 Å². The molecule has 63 heavy (non-hydrogen) atoms. The number of hydrogen-bond acceptors (Lipinski definition) is 6. The minimum atomic E-state index is -0.286. The summed E-state index contributed by atoms with van der Waals surface area (Å²) >= 11 is 1.81. The highest BCUT2D eigenvalue weighted by Crippen LogP contribution is 2.54. The Hall–Kier alpha value is -7.41. The molecule has 0 aliphatic heterocycles. The lowest BCUT2D eigenvalue weighted by atomic mass is 9.80. The second-order valence-electron chi connectivity index (χ2n) is 18.0. The van der Waals surface area contributed by atoms with Crippen molar-refractivity contribution in [2.24, 2.45) is 0 Å². The molecule has 3 aromatic heterocycles. The van der Waals surface area contributed by atoms with Gasteiger partial charge in [-0.25, -0.2) is 4.98 Å². The molecule has 0 spiro atoms. The summed E-state index contributed by atoms with van der Waals surface area (Å²) in [5.41, 5.74) is 15.1. The number of anilines is 3. The molecule has 0 fully saturated rings. The minimum absolute atomic E-state index is 0.221. The fourth-order valence-electron chi connectivity index (χ4n) is 10.7. The fraction of sp³-hybridized carbons (Fsp3) is 0.105. The molecule has 0 amide bonds. The third kappa shape index (κ3) is 5.19. The quantitative estimate of drug-likeness (QED) is 0.173. The molecule has 300 valence electrons. The summed E-state index contributed by atoms with van der Waals surface area (Å²) in [5, 5.41) is 4.46. The smallest absolute Gasteiger partial charge is 0.238 e. The van der Waals surface area contributed by atoms with Gasteiger partial charge in [-0.2, -0.15) is 9.97 Å². The molecule has 0 bridgehead atoms. The van der Waals surface area contributed by atoms with Gasteiger partial charge < -0.3 is 4.42 Å². The van der Waals surface area contributed by atoms with Crippen molar-refractivity contribution in [1.82, 2.24) is 15.0 Å². The lowest BCUT2D eigenvalue weighted by molar-refractivity contribution is 0.660. The first-order valence-electron chi connectivity index (χ1n) is 21.6. The van der Waals surface area contributed by atoms with Gasteiger partial charge in [-0.1, -0.05) is 143 Å². The summed E-state index contributed by atoms with van der Waals surface area (Å²) < 4.78 is 9.04. The number of furan rings is 1. The van der Waals surface area contributed by atoms with Crippen LogP contribution in [0.3, 0.4) is 0 Å². The number of rotatable bonds is 5. The van der Waals surface area contributed by atoms with E-state index in [0.29, 0.717) is 17.6 Å². The molecule has 0 saturated carbocycles. The fourth-order valence-corrected chi connectivity index (χ4v) is 11.8. The average molecular weight is 829 g/mol. The molecule has 11 aromatic rings. The van der Waals surface area contributed by atoms with Crippen molar-refractivity contribution < 1.29 is 4.42 Å². The first-order valence-corrected chi connectivity index (χ1v) is 22.4. The van der Waals surface area contributed by atoms with Gasteiger partial charge >= 0.3 is 0 Å². The summed E-state index contributed by atoms with van der Waals surface area (Å²) in [4.78, 5) is 18.8. The SMILES string of the molecule is CC1(C)c2ccccc2-c2ccc(N(c3nc(-c4ccc5sc6ccccc6c5c4)nc(-c4cccc5c4C(C)(C)c4ccccc4-5)n3)c3cccc4oc5ccccc5c34)cc21. The highest BCUT2D eigenvalue weighted by Gasteiger charge is 2.39. The Labute approximate surface area is 369 Å². The summed E-state index contributed by atoms with van der Waals surface area (Å²) in [6.45, 7) is 9.30. The van der Waals surface area contributed by atoms with Crippen LogP contribution < -0.4 is 4.90 Å². The Balaban J connectivity index is 1.11. The van der Waals surface area contributed by atoms with Crippen molar-refractivity contribution in [2.75, 3.05) is 4.90 Å². The third-order valence-corrected chi connectivity index (χ3v) is 14.9. The molecule has 0 saturated heterocycles. The molecule has 2 aliphatic carbocycles. The summed E-state index contributed by atoms with van der Waals surface area (Å²) in [6.07, 6.45) is 0. The predicted octanol–water partition coefficient (Wildman–Crippen LogP) is 15.6. The van der Waals surface area contributed by atoms with E-state index in [0.717, 1.165) is 44.4 Å². The third-order valence-electron chi connectivity index (χ3n) is 13.7. The zero-order valence-electron chi connectivity index (χ0n) is 35.3. The maximum absolute atomic E-state index is 6.54. The van der Waals surface area contributed by atoms with Crippen LogP contribution in [0, 0.1) is 0 Å². The minimum Gasteiger partial charge on any atom is -0.456 e. The van der Waals surface area contributed by atoms with Crippen molar-refractivity contribution >= 4 is 70.8 Å². The largest absolute Gasteiger partial charge is 0.456 e. The standard InChI is InChI=1S/C57H40N4OS/c1-56(2)43-21-9-5-15-35(43)37-29-28-34(32-45(37)56)61(46-23-14-25-48-51(46)40-18-7-11-24-47(40)62-48)55-59-53(33-27-30-50-42(31-33)38-17-8-12-26-49(38)63-50)58-54(60-55)41-20-13-19-39-36-16-6-10-22-44(36)57(3,4)52(39)41/h5-32H,1-4H3. The van der Waals surface area contributed by atoms with E-state index in [-0.39, 0.29) is 10.8 Å². The molecule has 5 nitrogen and oxygen atoms in total. The van der Waals surface area contributed by atoms with E-state index in [2.05, 4.69) is 190 Å². The molecular formula is C57H40N4OS. The normalized spacial score (nSPS) is 14.3. The molecule has 8 aromatic carbocycles. The number of nitrogens with zero attached hydrogens (tertiary/aromatic N) is 4. The molecule has 2 aliphatic rings. The average Bonchev–Trinajstić information content (AvgIpc) is 4.02. The Morgan fingerprint density at radius 1 is 0.460 bits per heavy atom. The topological polar surface area (TPSA) is 55.1 Å². The summed E-state index contributed by atoms with van der Waals surface area (Å²) in [6, 6.07) is 60.9. The predicted molar refractivity (Wildman–Crippen MR) is 261 cm³/mol. The number of benzene rings is 8. The van der Waals surface area contributed by atoms with E-state index in [9.17, 15) is 0 Å². The van der Waals surface area contributed by atoms with Gasteiger partial charge in [0, 0.05) is 53.2 Å². The highest BCUT2D eigenvalue weighted by atomic mass is 32.1. The van der Waals surface area contributed by atoms with Crippen LogP contribution in [0.15, 0.2) is 174 Å². The Morgan fingerprint density at radius 2 is 1.10 bits per heavy atom. The van der Waals surface area contributed by atoms with Crippen molar-refractivity contribution in [1.29, 1.82) is 0 Å². The van der Waals surface area contributed by atoms with Gasteiger partial charge in [0.15, 0.2) is 11.6 Å². The van der Waals surface area contributed by atoms with Crippen LogP contribution in [0.1, 0.15) is 49.9 Å². The van der Waals surface area contributed by atoms with E-state index in [4.69, 9.17) is 19.4 Å². The van der Waals surface area contributed by atoms with E-state index in [1.807, 2.05) is 23.5 Å². The van der Waals surface area contributed by atoms with Gasteiger partial charge in [0.05, 0.1) is 11.1 Å². The first-order chi connectivity index (χ1) is 30.7. The molecule has 13 rings (SSSR count). The van der Waals surface area contributed by atoms with E-state index >= 15 is 0 Å². The highest BCUT2D eigenvalue weighted by molar-refractivity contribution is 7.25. The first kappa shape index (κ1) is 36.3. The Bertz CT molecular complexity index is 3720. The summed E-state index contributed by atoms with van der Waals surface area (Å²) in [7, 11) is 0. The second kappa shape index (κ2) is 13.1. The van der Waals surface area contributed by atoms with Crippen LogP contribution in [0.5, 0.6) is 0 Å². The van der Waals surface area contributed by atoms with Crippen molar-refractivity contribution in [3.63, 3.8) is 0 Å². The number of fused-ring (bicyclic) bond motifs is 12. The van der Waals surface area contributed by atoms with E-state index in [1.54, 1.807) is 0 Å². The van der Waals surface area contributed by atoms with Crippen LogP contribution in [0.25, 0.3) is 87.1 Å². The van der Waals surface area contributed by atoms with Crippen LogP contribution in [0.2, 0.25) is 0 Å². The van der Waals surface area contributed by atoms with Gasteiger partial charge in [-0.05, 0) is 99.1 Å². The Morgan fingerprint density at radius 3 is 1.95 bits per heavy atom. The zero-order chi connectivity index (χ0) is 42.2. The molecule has 0 radical (unpaired) electrons. The lowest BCUT2D eigenvalue weighted by Gasteiger charge is -2.28. The van der Waals surface area contributed by atoms with Gasteiger partial charge in [0.2, 0.25) is 5.95 Å². The van der Waals surface area contributed by atoms with Crippen LogP contribution >= 0.6 is 11.3 Å². The van der Waals surface area contributed by atoms with Gasteiger partial charge in [0.25, 0.3) is 0 Å². The lowest BCUT2D eigenvalue weighted by Crippen LogP contribution is -2.19. The Kier molecular flexibility index (Phi) is 7.51.